The molecule has 0 saturated carbocycles. The molecule has 1 aromatic rings. The van der Waals surface area contributed by atoms with Crippen LogP contribution in [0, 0.1) is 0 Å². The zero-order chi connectivity index (χ0) is 13.1. The molecular formula is C13H15Br2ClO2. The van der Waals surface area contributed by atoms with Crippen molar-refractivity contribution in [3.8, 4) is 5.75 Å². The topological polar surface area (TPSA) is 18.5 Å². The SMILES string of the molecule is COc1c(Br)cc(Cl)cc1C(Br)CC1CCCO1. The molecule has 1 heterocycles. The van der Waals surface area contributed by atoms with E-state index in [-0.39, 0.29) is 4.83 Å². The molecule has 1 aliphatic rings. The molecule has 100 valence electrons. The van der Waals surface area contributed by atoms with Crippen molar-refractivity contribution in [2.75, 3.05) is 13.7 Å². The summed E-state index contributed by atoms with van der Waals surface area (Å²) in [6.07, 6.45) is 3.55. The Hall–Kier alpha value is 0.230. The van der Waals surface area contributed by atoms with Crippen molar-refractivity contribution >= 4 is 43.5 Å². The number of rotatable bonds is 4. The lowest BCUT2D eigenvalue weighted by Gasteiger charge is -2.19. The second kappa shape index (κ2) is 6.60. The van der Waals surface area contributed by atoms with Gasteiger partial charge in [0.25, 0.3) is 0 Å². The van der Waals surface area contributed by atoms with E-state index in [1.165, 1.54) is 0 Å². The van der Waals surface area contributed by atoms with Gasteiger partial charge in [-0.1, -0.05) is 27.5 Å². The molecule has 0 N–H and O–H groups in total. The van der Waals surface area contributed by atoms with Crippen LogP contribution in [0.2, 0.25) is 5.02 Å². The first-order chi connectivity index (χ1) is 8.61. The maximum atomic E-state index is 6.10. The largest absolute Gasteiger partial charge is 0.495 e. The maximum absolute atomic E-state index is 6.10. The van der Waals surface area contributed by atoms with Crippen molar-refractivity contribution in [3.63, 3.8) is 0 Å². The molecular weight excluding hydrogens is 383 g/mol. The van der Waals surface area contributed by atoms with Crippen molar-refractivity contribution in [1.82, 2.24) is 0 Å². The Morgan fingerprint density at radius 3 is 2.94 bits per heavy atom. The normalized spacial score (nSPS) is 21.0. The zero-order valence-electron chi connectivity index (χ0n) is 10.1. The molecule has 1 aliphatic heterocycles. The molecule has 2 rings (SSSR count). The molecule has 2 unspecified atom stereocenters. The molecule has 2 atom stereocenters. The van der Waals surface area contributed by atoms with Crippen molar-refractivity contribution in [3.05, 3.63) is 27.2 Å². The third kappa shape index (κ3) is 3.41. The van der Waals surface area contributed by atoms with E-state index < -0.39 is 0 Å². The number of hydrogen-bond donors (Lipinski definition) is 0. The second-order valence-electron chi connectivity index (χ2n) is 4.35. The molecule has 18 heavy (non-hydrogen) atoms. The number of ether oxygens (including phenoxy) is 2. The minimum atomic E-state index is 0.186. The standard InChI is InChI=1S/C13H15Br2ClO2/c1-17-13-10(5-8(16)6-12(13)15)11(14)7-9-3-2-4-18-9/h5-6,9,11H,2-4,7H2,1H3. The van der Waals surface area contributed by atoms with E-state index in [2.05, 4.69) is 31.9 Å². The molecule has 1 aromatic carbocycles. The van der Waals surface area contributed by atoms with Gasteiger partial charge in [-0.05, 0) is 47.3 Å². The van der Waals surface area contributed by atoms with Gasteiger partial charge < -0.3 is 9.47 Å². The van der Waals surface area contributed by atoms with E-state index in [4.69, 9.17) is 21.1 Å². The molecule has 0 spiro atoms. The maximum Gasteiger partial charge on any atom is 0.137 e. The van der Waals surface area contributed by atoms with Gasteiger partial charge in [0, 0.05) is 22.0 Å². The monoisotopic (exact) mass is 396 g/mol. The Bertz CT molecular complexity index is 420. The molecule has 0 aromatic heterocycles. The van der Waals surface area contributed by atoms with Gasteiger partial charge in [0.2, 0.25) is 0 Å². The second-order valence-corrected chi connectivity index (χ2v) is 6.74. The Labute approximate surface area is 129 Å². The van der Waals surface area contributed by atoms with Crippen LogP contribution in [-0.4, -0.2) is 19.8 Å². The first-order valence-corrected chi connectivity index (χ1v) is 7.99. The highest BCUT2D eigenvalue weighted by molar-refractivity contribution is 9.10. The molecule has 0 bridgehead atoms. The van der Waals surface area contributed by atoms with Crippen molar-refractivity contribution in [2.45, 2.75) is 30.2 Å². The number of benzene rings is 1. The number of alkyl halides is 1. The minimum absolute atomic E-state index is 0.186. The summed E-state index contributed by atoms with van der Waals surface area (Å²) < 4.78 is 12.0. The number of hydrogen-bond acceptors (Lipinski definition) is 2. The van der Waals surface area contributed by atoms with Crippen molar-refractivity contribution < 1.29 is 9.47 Å². The quantitative estimate of drug-likeness (QED) is 0.656. The van der Waals surface area contributed by atoms with Gasteiger partial charge in [-0.3, -0.25) is 0 Å². The summed E-state index contributed by atoms with van der Waals surface area (Å²) in [6, 6.07) is 3.79. The molecule has 0 aliphatic carbocycles. The molecule has 0 amide bonds. The van der Waals surface area contributed by atoms with Crippen molar-refractivity contribution in [2.24, 2.45) is 0 Å². The predicted molar refractivity (Wildman–Crippen MR) is 81.0 cm³/mol. The van der Waals surface area contributed by atoms with Crippen LogP contribution in [0.15, 0.2) is 16.6 Å². The summed E-state index contributed by atoms with van der Waals surface area (Å²) in [6.45, 7) is 0.876. The van der Waals surface area contributed by atoms with Crippen LogP contribution < -0.4 is 4.74 Å². The van der Waals surface area contributed by atoms with Crippen LogP contribution in [0.5, 0.6) is 5.75 Å². The summed E-state index contributed by atoms with van der Waals surface area (Å²) in [5.41, 5.74) is 1.06. The summed E-state index contributed by atoms with van der Waals surface area (Å²) in [5, 5.41) is 0.703. The summed E-state index contributed by atoms with van der Waals surface area (Å²) in [5.74, 6) is 0.833. The number of methoxy groups -OCH3 is 1. The van der Waals surface area contributed by atoms with E-state index in [1.54, 1.807) is 7.11 Å². The molecule has 5 heteroatoms. The highest BCUT2D eigenvalue weighted by atomic mass is 79.9. The fourth-order valence-electron chi connectivity index (χ4n) is 2.22. The summed E-state index contributed by atoms with van der Waals surface area (Å²) in [4.78, 5) is 0.186. The average Bonchev–Trinajstić information content (AvgIpc) is 2.80. The molecule has 0 radical (unpaired) electrons. The first kappa shape index (κ1) is 14.6. The van der Waals surface area contributed by atoms with Crippen LogP contribution in [-0.2, 0) is 4.74 Å². The van der Waals surface area contributed by atoms with Crippen LogP contribution in [0.3, 0.4) is 0 Å². The smallest absolute Gasteiger partial charge is 0.137 e. The lowest BCUT2D eigenvalue weighted by molar-refractivity contribution is 0.104. The van der Waals surface area contributed by atoms with Crippen LogP contribution in [0.4, 0.5) is 0 Å². The zero-order valence-corrected chi connectivity index (χ0v) is 14.0. The number of halogens is 3. The van der Waals surface area contributed by atoms with Crippen LogP contribution >= 0.6 is 43.5 Å². The van der Waals surface area contributed by atoms with E-state index in [0.717, 1.165) is 41.7 Å². The highest BCUT2D eigenvalue weighted by Crippen LogP contribution is 2.42. The van der Waals surface area contributed by atoms with Gasteiger partial charge >= 0.3 is 0 Å². The van der Waals surface area contributed by atoms with Gasteiger partial charge in [-0.25, -0.2) is 0 Å². The lowest BCUT2D eigenvalue weighted by atomic mass is 10.0. The Morgan fingerprint density at radius 2 is 2.33 bits per heavy atom. The third-order valence-corrected chi connectivity index (χ3v) is 4.75. The fraction of sp³-hybridized carbons (Fsp3) is 0.538. The Balaban J connectivity index is 2.19. The van der Waals surface area contributed by atoms with Gasteiger partial charge in [0.05, 0.1) is 17.7 Å². The highest BCUT2D eigenvalue weighted by Gasteiger charge is 2.23. The lowest BCUT2D eigenvalue weighted by Crippen LogP contribution is -2.09. The van der Waals surface area contributed by atoms with Gasteiger partial charge in [-0.2, -0.15) is 0 Å². The summed E-state index contributed by atoms with van der Waals surface area (Å²) >= 11 is 13.3. The molecule has 1 fully saturated rings. The van der Waals surface area contributed by atoms with Gasteiger partial charge in [0.1, 0.15) is 5.75 Å². The van der Waals surface area contributed by atoms with Crippen LogP contribution in [0.25, 0.3) is 0 Å². The summed E-state index contributed by atoms with van der Waals surface area (Å²) in [7, 11) is 1.67. The molecule has 2 nitrogen and oxygen atoms in total. The fourth-order valence-corrected chi connectivity index (χ4v) is 3.97. The van der Waals surface area contributed by atoms with Gasteiger partial charge in [-0.15, -0.1) is 0 Å². The Morgan fingerprint density at radius 1 is 1.56 bits per heavy atom. The predicted octanol–water partition coefficient (Wildman–Crippen LogP) is 5.12. The Kier molecular flexibility index (Phi) is 5.36. The molecule has 1 saturated heterocycles. The van der Waals surface area contributed by atoms with Crippen LogP contribution in [0.1, 0.15) is 29.7 Å². The minimum Gasteiger partial charge on any atom is -0.495 e. The first-order valence-electron chi connectivity index (χ1n) is 5.90. The third-order valence-electron chi connectivity index (χ3n) is 3.07. The van der Waals surface area contributed by atoms with Crippen molar-refractivity contribution in [1.29, 1.82) is 0 Å². The van der Waals surface area contributed by atoms with E-state index in [9.17, 15) is 0 Å². The van der Waals surface area contributed by atoms with E-state index in [1.807, 2.05) is 12.1 Å². The van der Waals surface area contributed by atoms with Gasteiger partial charge in [0.15, 0.2) is 0 Å². The average molecular weight is 399 g/mol. The van der Waals surface area contributed by atoms with E-state index >= 15 is 0 Å². The van der Waals surface area contributed by atoms with E-state index in [0.29, 0.717) is 11.1 Å².